The van der Waals surface area contributed by atoms with Gasteiger partial charge in [0, 0.05) is 19.1 Å². The third-order valence-electron chi connectivity index (χ3n) is 4.16. The molecule has 1 saturated heterocycles. The van der Waals surface area contributed by atoms with Crippen LogP contribution in [0.2, 0.25) is 0 Å². The number of likely N-dealkylation sites (N-methyl/N-ethyl adjacent to an activating group) is 1. The molecule has 0 spiro atoms. The van der Waals surface area contributed by atoms with Crippen LogP contribution in [0.5, 0.6) is 5.75 Å². The monoisotopic (exact) mass is 284 g/mol. The number of benzene rings is 2. The van der Waals surface area contributed by atoms with Gasteiger partial charge in [-0.2, -0.15) is 0 Å². The molecule has 1 fully saturated rings. The molecule has 0 radical (unpaired) electrons. The molecule has 1 unspecified atom stereocenters. The summed E-state index contributed by atoms with van der Waals surface area (Å²) in [5, 5.41) is 6.03. The summed E-state index contributed by atoms with van der Waals surface area (Å²) in [6, 6.07) is 15.3. The predicted molar refractivity (Wildman–Crippen MR) is 88.0 cm³/mol. The number of rotatable bonds is 6. The van der Waals surface area contributed by atoms with Crippen molar-refractivity contribution >= 4 is 10.8 Å². The Hall–Kier alpha value is -1.58. The Bertz CT molecular complexity index is 578. The van der Waals surface area contributed by atoms with E-state index in [1.807, 2.05) is 0 Å². The Morgan fingerprint density at radius 3 is 2.86 bits per heavy atom. The molecule has 2 aromatic rings. The fourth-order valence-electron chi connectivity index (χ4n) is 2.96. The average molecular weight is 284 g/mol. The Morgan fingerprint density at radius 1 is 1.19 bits per heavy atom. The summed E-state index contributed by atoms with van der Waals surface area (Å²) >= 11 is 0. The first-order valence-electron chi connectivity index (χ1n) is 7.85. The summed E-state index contributed by atoms with van der Waals surface area (Å²) in [5.74, 6) is 0.959. The second-order valence-electron chi connectivity index (χ2n) is 5.91. The highest BCUT2D eigenvalue weighted by Crippen LogP contribution is 2.20. The molecule has 3 rings (SSSR count). The molecule has 1 heterocycles. The minimum Gasteiger partial charge on any atom is -0.492 e. The van der Waals surface area contributed by atoms with Crippen LogP contribution in [-0.4, -0.2) is 44.2 Å². The smallest absolute Gasteiger partial charge is 0.120 e. The van der Waals surface area contributed by atoms with Gasteiger partial charge in [0.2, 0.25) is 0 Å². The van der Waals surface area contributed by atoms with E-state index in [1.165, 1.54) is 30.2 Å². The summed E-state index contributed by atoms with van der Waals surface area (Å²) in [4.78, 5) is 2.35. The lowest BCUT2D eigenvalue weighted by molar-refractivity contribution is 0.226. The first kappa shape index (κ1) is 14.4. The topological polar surface area (TPSA) is 24.5 Å². The van der Waals surface area contributed by atoms with E-state index >= 15 is 0 Å². The number of hydrogen-bond donors (Lipinski definition) is 1. The van der Waals surface area contributed by atoms with Gasteiger partial charge >= 0.3 is 0 Å². The molecule has 0 aliphatic carbocycles. The predicted octanol–water partition coefficient (Wildman–Crippen LogP) is 2.90. The van der Waals surface area contributed by atoms with Crippen molar-refractivity contribution in [3.8, 4) is 5.75 Å². The van der Waals surface area contributed by atoms with E-state index in [1.54, 1.807) is 0 Å². The fraction of sp³-hybridized carbons (Fsp3) is 0.444. The molecule has 0 saturated carbocycles. The lowest BCUT2D eigenvalue weighted by Gasteiger charge is -2.21. The van der Waals surface area contributed by atoms with Crippen LogP contribution < -0.4 is 10.1 Å². The summed E-state index contributed by atoms with van der Waals surface area (Å²) in [7, 11) is 2.17. The van der Waals surface area contributed by atoms with Crippen molar-refractivity contribution in [3.05, 3.63) is 42.5 Å². The molecule has 1 N–H and O–H groups in total. The largest absolute Gasteiger partial charge is 0.492 e. The molecule has 2 aromatic carbocycles. The summed E-state index contributed by atoms with van der Waals surface area (Å²) in [6.45, 7) is 3.99. The van der Waals surface area contributed by atoms with Gasteiger partial charge in [0.1, 0.15) is 12.4 Å². The molecule has 0 amide bonds. The molecule has 21 heavy (non-hydrogen) atoms. The van der Waals surface area contributed by atoms with Crippen molar-refractivity contribution in [2.75, 3.05) is 33.3 Å². The lowest BCUT2D eigenvalue weighted by atomic mass is 10.1. The van der Waals surface area contributed by atoms with E-state index in [0.29, 0.717) is 6.04 Å². The van der Waals surface area contributed by atoms with Gasteiger partial charge in [0.15, 0.2) is 0 Å². The van der Waals surface area contributed by atoms with E-state index in [2.05, 4.69) is 59.7 Å². The third-order valence-corrected chi connectivity index (χ3v) is 4.16. The van der Waals surface area contributed by atoms with Crippen molar-refractivity contribution in [2.24, 2.45) is 0 Å². The van der Waals surface area contributed by atoms with Crippen LogP contribution in [-0.2, 0) is 0 Å². The minimum absolute atomic E-state index is 0.663. The molecule has 112 valence electrons. The average Bonchev–Trinajstić information content (AvgIpc) is 3.00. The molecule has 1 aliphatic rings. The maximum Gasteiger partial charge on any atom is 0.120 e. The van der Waals surface area contributed by atoms with Gasteiger partial charge in [-0.05, 0) is 49.3 Å². The van der Waals surface area contributed by atoms with Crippen LogP contribution in [0.4, 0.5) is 0 Å². The third kappa shape index (κ3) is 3.96. The van der Waals surface area contributed by atoms with Crippen LogP contribution >= 0.6 is 0 Å². The Morgan fingerprint density at radius 2 is 2.05 bits per heavy atom. The lowest BCUT2D eigenvalue weighted by Crippen LogP contribution is -2.37. The summed E-state index contributed by atoms with van der Waals surface area (Å²) in [6.07, 6.45) is 2.61. The Labute approximate surface area is 126 Å². The molecule has 1 atom stereocenters. The van der Waals surface area contributed by atoms with Gasteiger partial charge < -0.3 is 15.0 Å². The number of fused-ring (bicyclic) bond motifs is 1. The number of nitrogens with one attached hydrogen (secondary N) is 1. The second kappa shape index (κ2) is 6.92. The van der Waals surface area contributed by atoms with Crippen LogP contribution in [0.15, 0.2) is 42.5 Å². The number of ether oxygens (including phenoxy) is 1. The molecular weight excluding hydrogens is 260 g/mol. The quantitative estimate of drug-likeness (QED) is 0.882. The van der Waals surface area contributed by atoms with Gasteiger partial charge in [-0.15, -0.1) is 0 Å². The van der Waals surface area contributed by atoms with Gasteiger partial charge in [-0.25, -0.2) is 0 Å². The van der Waals surface area contributed by atoms with E-state index < -0.39 is 0 Å². The van der Waals surface area contributed by atoms with E-state index in [9.17, 15) is 0 Å². The van der Waals surface area contributed by atoms with Crippen molar-refractivity contribution < 1.29 is 4.74 Å². The first-order valence-corrected chi connectivity index (χ1v) is 7.85. The van der Waals surface area contributed by atoms with E-state index in [-0.39, 0.29) is 0 Å². The van der Waals surface area contributed by atoms with Crippen molar-refractivity contribution in [3.63, 3.8) is 0 Å². The zero-order valence-corrected chi connectivity index (χ0v) is 12.7. The van der Waals surface area contributed by atoms with Crippen LogP contribution in [0.3, 0.4) is 0 Å². The van der Waals surface area contributed by atoms with E-state index in [0.717, 1.165) is 25.4 Å². The fourth-order valence-corrected chi connectivity index (χ4v) is 2.96. The highest BCUT2D eigenvalue weighted by molar-refractivity contribution is 5.83. The second-order valence-corrected chi connectivity index (χ2v) is 5.91. The van der Waals surface area contributed by atoms with Crippen molar-refractivity contribution in [1.29, 1.82) is 0 Å². The van der Waals surface area contributed by atoms with Gasteiger partial charge in [0.25, 0.3) is 0 Å². The van der Waals surface area contributed by atoms with E-state index in [4.69, 9.17) is 4.74 Å². The molecule has 3 heteroatoms. The zero-order valence-electron chi connectivity index (χ0n) is 12.7. The van der Waals surface area contributed by atoms with Gasteiger partial charge in [-0.1, -0.05) is 30.3 Å². The highest BCUT2D eigenvalue weighted by Gasteiger charge is 2.15. The SMILES string of the molecule is CN(CCOc1ccc2ccccc2c1)CC1CCCN1. The normalized spacial score (nSPS) is 18.5. The van der Waals surface area contributed by atoms with Crippen LogP contribution in [0.1, 0.15) is 12.8 Å². The summed E-state index contributed by atoms with van der Waals surface area (Å²) < 4.78 is 5.89. The number of hydrogen-bond acceptors (Lipinski definition) is 3. The maximum atomic E-state index is 5.89. The molecule has 0 bridgehead atoms. The Kier molecular flexibility index (Phi) is 4.73. The first-order chi connectivity index (χ1) is 10.3. The van der Waals surface area contributed by atoms with Gasteiger partial charge in [-0.3, -0.25) is 0 Å². The van der Waals surface area contributed by atoms with Crippen LogP contribution in [0.25, 0.3) is 10.8 Å². The molecule has 0 aromatic heterocycles. The molecule has 3 nitrogen and oxygen atoms in total. The highest BCUT2D eigenvalue weighted by atomic mass is 16.5. The van der Waals surface area contributed by atoms with Crippen LogP contribution in [0, 0.1) is 0 Å². The Balaban J connectivity index is 1.47. The van der Waals surface area contributed by atoms with Crippen molar-refractivity contribution in [2.45, 2.75) is 18.9 Å². The molecule has 1 aliphatic heterocycles. The summed E-state index contributed by atoms with van der Waals surface area (Å²) in [5.41, 5.74) is 0. The zero-order chi connectivity index (χ0) is 14.5. The molecular formula is C18H24N2O. The minimum atomic E-state index is 0.663. The maximum absolute atomic E-state index is 5.89. The number of nitrogens with zero attached hydrogens (tertiary/aromatic N) is 1. The standard InChI is InChI=1S/C18H24N2O/c1-20(14-17-7-4-10-19-17)11-12-21-18-9-8-15-5-2-3-6-16(15)13-18/h2-3,5-6,8-9,13,17,19H,4,7,10-12,14H2,1H3. The van der Waals surface area contributed by atoms with Crippen molar-refractivity contribution in [1.82, 2.24) is 10.2 Å². The van der Waals surface area contributed by atoms with Gasteiger partial charge in [0.05, 0.1) is 0 Å².